The van der Waals surface area contributed by atoms with Crippen molar-refractivity contribution in [3.8, 4) is 0 Å². The third-order valence-electron chi connectivity index (χ3n) is 7.01. The fourth-order valence-electron chi connectivity index (χ4n) is 4.81. The van der Waals surface area contributed by atoms with Gasteiger partial charge in [0.15, 0.2) is 6.17 Å². The summed E-state index contributed by atoms with van der Waals surface area (Å²) in [7, 11) is 0. The van der Waals surface area contributed by atoms with Crippen LogP contribution in [0.4, 0.5) is 0 Å². The number of carbonyl (C=O) groups is 1. The second-order valence-corrected chi connectivity index (χ2v) is 9.70. The summed E-state index contributed by atoms with van der Waals surface area (Å²) in [6.07, 6.45) is 31.4. The number of amides is 1. The van der Waals surface area contributed by atoms with Gasteiger partial charge in [-0.1, -0.05) is 83.3 Å². The molecule has 0 aliphatic carbocycles. The number of unbranched alkanes of at least 4 members (excludes halogenated alkanes) is 13. The van der Waals surface area contributed by atoms with Crippen molar-refractivity contribution in [2.24, 2.45) is 0 Å². The first kappa shape index (κ1) is 28.7. The zero-order chi connectivity index (χ0) is 23.3. The van der Waals surface area contributed by atoms with E-state index in [0.29, 0.717) is 6.17 Å². The minimum Gasteiger partial charge on any atom is -0.351 e. The highest BCUT2D eigenvalue weighted by Gasteiger charge is 2.36. The summed E-state index contributed by atoms with van der Waals surface area (Å²) in [5, 5.41) is 6.52. The molecule has 1 aliphatic heterocycles. The van der Waals surface area contributed by atoms with Crippen LogP contribution < -0.4 is 10.6 Å². The van der Waals surface area contributed by atoms with Crippen LogP contribution >= 0.6 is 0 Å². The molecule has 186 valence electrons. The molecular formula is C28H54N3O+. The van der Waals surface area contributed by atoms with Crippen LogP contribution in [0.3, 0.4) is 0 Å². The number of rotatable bonds is 21. The Morgan fingerprint density at radius 3 is 2.00 bits per heavy atom. The molecular weight excluding hydrogens is 394 g/mol. The van der Waals surface area contributed by atoms with E-state index in [1.165, 1.54) is 103 Å². The van der Waals surface area contributed by atoms with Gasteiger partial charge in [-0.15, -0.1) is 0 Å². The van der Waals surface area contributed by atoms with Gasteiger partial charge in [-0.3, -0.25) is 9.28 Å². The summed E-state index contributed by atoms with van der Waals surface area (Å²) in [5.74, 6) is 0.0666. The molecule has 0 radical (unpaired) electrons. The lowest BCUT2D eigenvalue weighted by Crippen LogP contribution is -2.55. The molecule has 0 saturated carbocycles. The van der Waals surface area contributed by atoms with Crippen molar-refractivity contribution in [3.05, 3.63) is 24.6 Å². The van der Waals surface area contributed by atoms with Crippen LogP contribution in [-0.4, -0.2) is 36.2 Å². The Morgan fingerprint density at radius 2 is 1.44 bits per heavy atom. The maximum atomic E-state index is 11.2. The Labute approximate surface area is 199 Å². The molecule has 1 rings (SSSR count). The Balaban J connectivity index is 1.95. The van der Waals surface area contributed by atoms with Crippen molar-refractivity contribution in [1.82, 2.24) is 10.6 Å². The largest absolute Gasteiger partial charge is 0.351 e. The molecule has 0 spiro atoms. The molecule has 0 aromatic carbocycles. The summed E-state index contributed by atoms with van der Waals surface area (Å²) in [5.41, 5.74) is 0. The fraction of sp³-hybridized carbons (Fsp3) is 0.821. The quantitative estimate of drug-likeness (QED) is 0.111. The highest BCUT2D eigenvalue weighted by atomic mass is 16.1. The van der Waals surface area contributed by atoms with Gasteiger partial charge in [-0.2, -0.15) is 0 Å². The number of likely N-dealkylation sites (N-methyl/N-ethyl adjacent to an activating group) is 1. The minimum atomic E-state index is 0.0666. The van der Waals surface area contributed by atoms with E-state index in [-0.39, 0.29) is 5.91 Å². The molecule has 32 heavy (non-hydrogen) atoms. The van der Waals surface area contributed by atoms with Crippen molar-refractivity contribution in [3.63, 3.8) is 0 Å². The van der Waals surface area contributed by atoms with Gasteiger partial charge in [0, 0.05) is 13.3 Å². The molecule has 0 bridgehead atoms. The minimum absolute atomic E-state index is 0.0666. The number of hydrogen-bond acceptors (Lipinski definition) is 2. The van der Waals surface area contributed by atoms with Crippen LogP contribution in [0.5, 0.6) is 0 Å². The van der Waals surface area contributed by atoms with E-state index in [2.05, 4.69) is 49.0 Å². The molecule has 0 aromatic rings. The van der Waals surface area contributed by atoms with Gasteiger partial charge < -0.3 is 10.6 Å². The van der Waals surface area contributed by atoms with Gasteiger partial charge in [0.1, 0.15) is 12.7 Å². The predicted molar refractivity (Wildman–Crippen MR) is 139 cm³/mol. The SMILES string of the molecule is CCCCCC/C=C/CCCCCCCCCCCC1NC=C[N+]1(CC)CCNC(C)=O. The zero-order valence-corrected chi connectivity index (χ0v) is 21.7. The molecule has 0 fully saturated rings. The van der Waals surface area contributed by atoms with Crippen molar-refractivity contribution >= 4 is 5.91 Å². The van der Waals surface area contributed by atoms with E-state index in [1.807, 2.05) is 0 Å². The molecule has 1 amide bonds. The van der Waals surface area contributed by atoms with E-state index >= 15 is 0 Å². The number of nitrogens with zero attached hydrogens (tertiary/aromatic N) is 1. The number of nitrogens with one attached hydrogen (secondary N) is 2. The first-order valence-corrected chi connectivity index (χ1v) is 13.8. The lowest BCUT2D eigenvalue weighted by atomic mass is 10.0. The Kier molecular flexibility index (Phi) is 17.2. The molecule has 2 atom stereocenters. The Bertz CT molecular complexity index is 517. The molecule has 2 N–H and O–H groups in total. The smallest absolute Gasteiger partial charge is 0.217 e. The van der Waals surface area contributed by atoms with Crippen LogP contribution in [0.2, 0.25) is 0 Å². The van der Waals surface area contributed by atoms with E-state index < -0.39 is 0 Å². The maximum Gasteiger partial charge on any atom is 0.217 e. The van der Waals surface area contributed by atoms with E-state index in [4.69, 9.17) is 0 Å². The lowest BCUT2D eigenvalue weighted by molar-refractivity contribution is -0.898. The molecule has 0 aromatic heterocycles. The summed E-state index contributed by atoms with van der Waals surface area (Å²) in [6, 6.07) is 0. The number of allylic oxidation sites excluding steroid dienone is 2. The highest BCUT2D eigenvalue weighted by molar-refractivity contribution is 5.72. The van der Waals surface area contributed by atoms with E-state index in [1.54, 1.807) is 6.92 Å². The molecule has 4 heteroatoms. The molecule has 1 heterocycles. The molecule has 0 saturated heterocycles. The van der Waals surface area contributed by atoms with Crippen molar-refractivity contribution in [2.75, 3.05) is 19.6 Å². The second kappa shape index (κ2) is 19.2. The summed E-state index contributed by atoms with van der Waals surface area (Å²) >= 11 is 0. The summed E-state index contributed by atoms with van der Waals surface area (Å²) in [6.45, 7) is 8.92. The summed E-state index contributed by atoms with van der Waals surface area (Å²) in [4.78, 5) is 11.2. The van der Waals surface area contributed by atoms with Crippen molar-refractivity contribution in [1.29, 1.82) is 0 Å². The zero-order valence-electron chi connectivity index (χ0n) is 21.7. The van der Waals surface area contributed by atoms with Gasteiger partial charge in [0.25, 0.3) is 0 Å². The normalized spacial score (nSPS) is 20.2. The third-order valence-corrected chi connectivity index (χ3v) is 7.01. The van der Waals surface area contributed by atoms with Gasteiger partial charge >= 0.3 is 0 Å². The van der Waals surface area contributed by atoms with Crippen LogP contribution in [0, 0.1) is 0 Å². The standard InChI is InChI=1S/C28H53N3O/c1-4-6-7-8-9-10-11-12-13-14-15-16-17-18-19-20-21-22-28-30-24-26-31(28,5-2)25-23-29-27(3)32/h10-11,24,26,28,30H,4-9,12-23,25H2,1-3H3/p+1/b11-10+. The van der Waals surface area contributed by atoms with Crippen LogP contribution in [0.25, 0.3) is 0 Å². The van der Waals surface area contributed by atoms with Crippen LogP contribution in [-0.2, 0) is 4.79 Å². The lowest BCUT2D eigenvalue weighted by Gasteiger charge is -2.37. The average Bonchev–Trinajstić information content (AvgIpc) is 3.18. The Morgan fingerprint density at radius 1 is 0.875 bits per heavy atom. The second-order valence-electron chi connectivity index (χ2n) is 9.70. The topological polar surface area (TPSA) is 41.1 Å². The molecule has 4 nitrogen and oxygen atoms in total. The fourth-order valence-corrected chi connectivity index (χ4v) is 4.81. The summed E-state index contributed by atoms with van der Waals surface area (Å²) < 4.78 is 0.953. The first-order chi connectivity index (χ1) is 15.6. The average molecular weight is 449 g/mol. The number of hydrogen-bond donors (Lipinski definition) is 2. The van der Waals surface area contributed by atoms with Crippen LogP contribution in [0.15, 0.2) is 24.6 Å². The number of carbonyl (C=O) groups excluding carboxylic acids is 1. The third kappa shape index (κ3) is 13.3. The molecule has 1 aliphatic rings. The highest BCUT2D eigenvalue weighted by Crippen LogP contribution is 2.23. The van der Waals surface area contributed by atoms with Gasteiger partial charge in [0.05, 0.1) is 19.3 Å². The molecule has 2 unspecified atom stereocenters. The van der Waals surface area contributed by atoms with Gasteiger partial charge in [-0.25, -0.2) is 0 Å². The van der Waals surface area contributed by atoms with Crippen molar-refractivity contribution in [2.45, 2.75) is 130 Å². The van der Waals surface area contributed by atoms with Gasteiger partial charge in [-0.05, 0) is 39.0 Å². The van der Waals surface area contributed by atoms with Crippen molar-refractivity contribution < 1.29 is 9.28 Å². The van der Waals surface area contributed by atoms with E-state index in [9.17, 15) is 4.79 Å². The van der Waals surface area contributed by atoms with Gasteiger partial charge in [0.2, 0.25) is 5.91 Å². The first-order valence-electron chi connectivity index (χ1n) is 13.8. The number of quaternary nitrogens is 1. The predicted octanol–water partition coefficient (Wildman–Crippen LogP) is 7.18. The Hall–Kier alpha value is -1.29. The van der Waals surface area contributed by atoms with Crippen LogP contribution in [0.1, 0.15) is 124 Å². The monoisotopic (exact) mass is 448 g/mol. The van der Waals surface area contributed by atoms with E-state index in [0.717, 1.165) is 24.1 Å². The maximum absolute atomic E-state index is 11.2.